The molecular weight excluding hydrogens is 288 g/mol. The van der Waals surface area contributed by atoms with Crippen molar-refractivity contribution in [1.82, 2.24) is 0 Å². The molecule has 0 aliphatic heterocycles. The predicted octanol–water partition coefficient (Wildman–Crippen LogP) is 4.69. The van der Waals surface area contributed by atoms with E-state index in [1.165, 1.54) is 38.5 Å². The number of nitrogens with zero attached hydrogens (tertiary/aromatic N) is 2. The summed E-state index contributed by atoms with van der Waals surface area (Å²) in [6.07, 6.45) is 10.4. The molecule has 0 heterocycles. The second-order valence-electron chi connectivity index (χ2n) is 9.07. The normalized spacial score (nSPS) is 53.0. The van der Waals surface area contributed by atoms with Crippen molar-refractivity contribution in [2.24, 2.45) is 44.8 Å². The summed E-state index contributed by atoms with van der Waals surface area (Å²) in [5, 5.41) is 25.8. The number of hydrogen-bond donors (Lipinski definition) is 2. The third-order valence-electron chi connectivity index (χ3n) is 8.50. The zero-order valence-electron chi connectivity index (χ0n) is 14.5. The summed E-state index contributed by atoms with van der Waals surface area (Å²) in [5.74, 6) is 3.00. The van der Waals surface area contributed by atoms with Gasteiger partial charge in [-0.3, -0.25) is 0 Å². The molecule has 6 atom stereocenters. The van der Waals surface area contributed by atoms with Crippen LogP contribution in [0.15, 0.2) is 10.3 Å². The summed E-state index contributed by atoms with van der Waals surface area (Å²) < 4.78 is 0. The van der Waals surface area contributed by atoms with Crippen molar-refractivity contribution in [3.63, 3.8) is 0 Å². The second-order valence-corrected chi connectivity index (χ2v) is 9.07. The summed E-state index contributed by atoms with van der Waals surface area (Å²) >= 11 is 0. The van der Waals surface area contributed by atoms with Gasteiger partial charge in [0.15, 0.2) is 0 Å². The van der Waals surface area contributed by atoms with Gasteiger partial charge in [0.1, 0.15) is 0 Å². The molecule has 0 aromatic carbocycles. The van der Waals surface area contributed by atoms with Gasteiger partial charge in [-0.05, 0) is 86.9 Å². The fraction of sp³-hybridized carbons (Fsp3) is 0.895. The van der Waals surface area contributed by atoms with Gasteiger partial charge in [0.25, 0.3) is 0 Å². The SMILES string of the molecule is C[C@]12CC/C(=N\O)C[C@@H]1CC[C@@H]1[C@H]3CC/C(=N\O)[C@@]3(C)CC[C@@H]12. The summed E-state index contributed by atoms with van der Waals surface area (Å²) in [7, 11) is 0. The Hall–Kier alpha value is -1.06. The van der Waals surface area contributed by atoms with Gasteiger partial charge in [-0.2, -0.15) is 0 Å². The lowest BCUT2D eigenvalue weighted by Crippen LogP contribution is -2.53. The molecule has 23 heavy (non-hydrogen) atoms. The van der Waals surface area contributed by atoms with Crippen molar-refractivity contribution in [3.05, 3.63) is 0 Å². The Labute approximate surface area is 139 Å². The minimum Gasteiger partial charge on any atom is -0.411 e. The van der Waals surface area contributed by atoms with Crippen LogP contribution in [0.1, 0.15) is 71.6 Å². The minimum absolute atomic E-state index is 0.144. The van der Waals surface area contributed by atoms with Gasteiger partial charge in [-0.25, -0.2) is 0 Å². The largest absolute Gasteiger partial charge is 0.411 e. The van der Waals surface area contributed by atoms with Crippen LogP contribution in [-0.4, -0.2) is 21.8 Å². The Morgan fingerprint density at radius 2 is 1.74 bits per heavy atom. The van der Waals surface area contributed by atoms with Crippen LogP contribution in [0.5, 0.6) is 0 Å². The van der Waals surface area contributed by atoms with Gasteiger partial charge in [0.05, 0.1) is 11.4 Å². The van der Waals surface area contributed by atoms with E-state index < -0.39 is 0 Å². The van der Waals surface area contributed by atoms with E-state index in [9.17, 15) is 5.21 Å². The van der Waals surface area contributed by atoms with Crippen LogP contribution < -0.4 is 0 Å². The highest BCUT2D eigenvalue weighted by atomic mass is 16.4. The standard InChI is InChI=1S/C19H30N2O2/c1-18-9-7-13(20-22)11-12(18)3-4-14-15-5-6-17(21-23)19(15,2)10-8-16(14)18/h12,14-16,22-23H,3-11H2,1-2H3/b20-13+,21-17+/t12-,14+,15+,16-,18-,19-/m0/s1. The fourth-order valence-electron chi connectivity index (χ4n) is 7.10. The molecule has 0 spiro atoms. The lowest BCUT2D eigenvalue weighted by molar-refractivity contribution is -0.0819. The lowest BCUT2D eigenvalue weighted by Gasteiger charge is -2.59. The minimum atomic E-state index is 0.144. The molecule has 128 valence electrons. The van der Waals surface area contributed by atoms with Crippen molar-refractivity contribution in [3.8, 4) is 0 Å². The summed E-state index contributed by atoms with van der Waals surface area (Å²) in [6, 6.07) is 0. The molecule has 0 radical (unpaired) electrons. The molecule has 0 amide bonds. The highest BCUT2D eigenvalue weighted by molar-refractivity contribution is 5.92. The van der Waals surface area contributed by atoms with Crippen molar-refractivity contribution in [2.75, 3.05) is 0 Å². The van der Waals surface area contributed by atoms with E-state index in [0.29, 0.717) is 17.3 Å². The summed E-state index contributed by atoms with van der Waals surface area (Å²) in [6.45, 7) is 4.86. The van der Waals surface area contributed by atoms with Gasteiger partial charge in [-0.15, -0.1) is 0 Å². The molecule has 0 unspecified atom stereocenters. The molecule has 4 nitrogen and oxygen atoms in total. The predicted molar refractivity (Wildman–Crippen MR) is 90.2 cm³/mol. The Bertz CT molecular complexity index is 558. The van der Waals surface area contributed by atoms with E-state index >= 15 is 0 Å². The first kappa shape index (κ1) is 15.5. The topological polar surface area (TPSA) is 65.2 Å². The van der Waals surface area contributed by atoms with E-state index in [1.54, 1.807) is 0 Å². The van der Waals surface area contributed by atoms with E-state index in [-0.39, 0.29) is 5.41 Å². The highest BCUT2D eigenvalue weighted by Gasteiger charge is 2.59. The van der Waals surface area contributed by atoms with Crippen LogP contribution in [-0.2, 0) is 0 Å². The molecule has 4 heteroatoms. The first-order valence-corrected chi connectivity index (χ1v) is 9.44. The molecule has 4 saturated carbocycles. The van der Waals surface area contributed by atoms with Crippen LogP contribution in [0.3, 0.4) is 0 Å². The number of fused-ring (bicyclic) bond motifs is 5. The maximum atomic E-state index is 9.41. The maximum Gasteiger partial charge on any atom is 0.0632 e. The average molecular weight is 318 g/mol. The van der Waals surface area contributed by atoms with Crippen LogP contribution in [0.25, 0.3) is 0 Å². The molecule has 0 saturated heterocycles. The Morgan fingerprint density at radius 3 is 2.48 bits per heavy atom. The van der Waals surface area contributed by atoms with E-state index in [1.807, 2.05) is 0 Å². The van der Waals surface area contributed by atoms with Gasteiger partial charge in [-0.1, -0.05) is 24.2 Å². The van der Waals surface area contributed by atoms with Crippen molar-refractivity contribution >= 4 is 11.4 Å². The Morgan fingerprint density at radius 1 is 0.913 bits per heavy atom. The van der Waals surface area contributed by atoms with Crippen LogP contribution in [0, 0.1) is 34.5 Å². The molecule has 0 bridgehead atoms. The molecule has 4 aliphatic rings. The summed E-state index contributed by atoms with van der Waals surface area (Å²) in [5.41, 5.74) is 2.64. The zero-order chi connectivity index (χ0) is 16.2. The van der Waals surface area contributed by atoms with Crippen LogP contribution >= 0.6 is 0 Å². The molecule has 0 aromatic heterocycles. The van der Waals surface area contributed by atoms with Crippen molar-refractivity contribution in [2.45, 2.75) is 71.6 Å². The smallest absolute Gasteiger partial charge is 0.0632 e. The third kappa shape index (κ3) is 2.02. The molecule has 4 aliphatic carbocycles. The number of oxime groups is 2. The van der Waals surface area contributed by atoms with Crippen LogP contribution in [0.2, 0.25) is 0 Å². The first-order chi connectivity index (χ1) is 11.0. The zero-order valence-corrected chi connectivity index (χ0v) is 14.5. The average Bonchev–Trinajstić information content (AvgIpc) is 2.90. The van der Waals surface area contributed by atoms with Gasteiger partial charge >= 0.3 is 0 Å². The van der Waals surface area contributed by atoms with Gasteiger partial charge in [0.2, 0.25) is 0 Å². The van der Waals surface area contributed by atoms with Crippen LogP contribution in [0.4, 0.5) is 0 Å². The third-order valence-corrected chi connectivity index (χ3v) is 8.50. The number of rotatable bonds is 0. The Balaban J connectivity index is 1.63. The lowest BCUT2D eigenvalue weighted by atomic mass is 9.45. The van der Waals surface area contributed by atoms with Crippen molar-refractivity contribution in [1.29, 1.82) is 0 Å². The molecule has 4 rings (SSSR count). The first-order valence-electron chi connectivity index (χ1n) is 9.44. The van der Waals surface area contributed by atoms with E-state index in [4.69, 9.17) is 5.21 Å². The molecule has 2 N–H and O–H groups in total. The molecule has 0 aromatic rings. The highest BCUT2D eigenvalue weighted by Crippen LogP contribution is 2.65. The van der Waals surface area contributed by atoms with E-state index in [2.05, 4.69) is 24.2 Å². The second kappa shape index (κ2) is 5.22. The molecular formula is C19H30N2O2. The quantitative estimate of drug-likeness (QED) is 0.502. The fourth-order valence-corrected chi connectivity index (χ4v) is 7.10. The monoisotopic (exact) mass is 318 g/mol. The van der Waals surface area contributed by atoms with Crippen molar-refractivity contribution < 1.29 is 10.4 Å². The molecule has 4 fully saturated rings. The summed E-state index contributed by atoms with van der Waals surface area (Å²) in [4.78, 5) is 0. The van der Waals surface area contributed by atoms with Gasteiger partial charge in [0, 0.05) is 5.41 Å². The number of hydrogen-bond acceptors (Lipinski definition) is 4. The van der Waals surface area contributed by atoms with Gasteiger partial charge < -0.3 is 10.4 Å². The Kier molecular flexibility index (Phi) is 3.51. The van der Waals surface area contributed by atoms with E-state index in [0.717, 1.165) is 42.5 Å². The maximum absolute atomic E-state index is 9.41.